The van der Waals surface area contributed by atoms with Crippen LogP contribution in [0.3, 0.4) is 0 Å². The smallest absolute Gasteiger partial charge is 0.305 e. The Morgan fingerprint density at radius 2 is 0.618 bits per heavy atom. The minimum absolute atomic E-state index is 0.0117. The van der Waals surface area contributed by atoms with E-state index in [-0.39, 0.29) is 18.5 Å². The fourth-order valence-electron chi connectivity index (χ4n) is 10.9. The summed E-state index contributed by atoms with van der Waals surface area (Å²) in [7, 11) is 0. The number of carbonyl (C=O) groups is 2. The molecule has 3 N–H and O–H groups in total. The van der Waals surface area contributed by atoms with Gasteiger partial charge in [0.25, 0.3) is 0 Å². The quantitative estimate of drug-likeness (QED) is 0.0320. The largest absolute Gasteiger partial charge is 0.466 e. The minimum Gasteiger partial charge on any atom is -0.466 e. The lowest BCUT2D eigenvalue weighted by atomic mass is 10.0. The van der Waals surface area contributed by atoms with Gasteiger partial charge in [-0.05, 0) is 57.8 Å². The molecule has 2 unspecified atom stereocenters. The van der Waals surface area contributed by atoms with Gasteiger partial charge in [-0.2, -0.15) is 0 Å². The third kappa shape index (κ3) is 61.6. The predicted octanol–water partition coefficient (Wildman–Crippen LogP) is 22.1. The van der Waals surface area contributed by atoms with Crippen molar-refractivity contribution in [3.63, 3.8) is 0 Å². The Balaban J connectivity index is 3.34. The summed E-state index contributed by atoms with van der Waals surface area (Å²) in [5, 5.41) is 23.2. The zero-order valence-corrected chi connectivity index (χ0v) is 51.5. The average molecular weight is 1070 g/mol. The number of allylic oxidation sites excluding steroid dienone is 3. The first-order valence-corrected chi connectivity index (χ1v) is 34.6. The molecule has 0 aromatic carbocycles. The maximum atomic E-state index is 12.5. The van der Waals surface area contributed by atoms with E-state index in [4.69, 9.17) is 4.74 Å². The van der Waals surface area contributed by atoms with Gasteiger partial charge < -0.3 is 20.3 Å². The van der Waals surface area contributed by atoms with E-state index in [0.717, 1.165) is 44.9 Å². The van der Waals surface area contributed by atoms with Crippen molar-refractivity contribution in [1.29, 1.82) is 0 Å². The fourth-order valence-corrected chi connectivity index (χ4v) is 10.9. The van der Waals surface area contributed by atoms with Crippen LogP contribution < -0.4 is 5.32 Å². The molecule has 0 aliphatic heterocycles. The number of hydrogen-bond acceptors (Lipinski definition) is 5. The molecule has 0 aromatic heterocycles. The van der Waals surface area contributed by atoms with E-state index in [1.54, 1.807) is 6.08 Å². The Labute approximate surface area is 475 Å². The van der Waals surface area contributed by atoms with Gasteiger partial charge in [-0.15, -0.1) is 0 Å². The van der Waals surface area contributed by atoms with E-state index < -0.39 is 12.1 Å². The van der Waals surface area contributed by atoms with E-state index in [1.165, 1.54) is 315 Å². The lowest BCUT2D eigenvalue weighted by Crippen LogP contribution is -2.45. The molecule has 0 aromatic rings. The number of aliphatic hydroxyl groups is 2. The maximum absolute atomic E-state index is 12.5. The number of rotatable bonds is 65. The third-order valence-electron chi connectivity index (χ3n) is 16.2. The first-order chi connectivity index (χ1) is 37.5. The molecule has 0 heterocycles. The first kappa shape index (κ1) is 74.3. The molecule has 1 amide bonds. The van der Waals surface area contributed by atoms with Gasteiger partial charge in [-0.25, -0.2) is 0 Å². The molecule has 0 saturated heterocycles. The van der Waals surface area contributed by atoms with Gasteiger partial charge in [0, 0.05) is 12.8 Å². The summed E-state index contributed by atoms with van der Waals surface area (Å²) < 4.78 is 5.49. The van der Waals surface area contributed by atoms with Crippen LogP contribution >= 0.6 is 0 Å². The number of esters is 1. The molecule has 0 aliphatic rings. The number of amides is 1. The van der Waals surface area contributed by atoms with Crippen LogP contribution in [0.5, 0.6) is 0 Å². The summed E-state index contributed by atoms with van der Waals surface area (Å²) in [6, 6.07) is -0.624. The van der Waals surface area contributed by atoms with Gasteiger partial charge in [-0.1, -0.05) is 340 Å². The van der Waals surface area contributed by atoms with Gasteiger partial charge in [-0.3, -0.25) is 9.59 Å². The van der Waals surface area contributed by atoms with Crippen LogP contribution in [-0.4, -0.2) is 47.4 Å². The number of aliphatic hydroxyl groups excluding tert-OH is 2. The second-order valence-electron chi connectivity index (χ2n) is 23.9. The molecule has 0 saturated carbocycles. The molecule has 0 rings (SSSR count). The highest BCUT2D eigenvalue weighted by atomic mass is 16.5. The number of nitrogens with one attached hydrogen (secondary N) is 1. The molecular weight excluding hydrogens is 935 g/mol. The fraction of sp³-hybridized carbons (Fsp3) is 0.914. The van der Waals surface area contributed by atoms with Gasteiger partial charge in [0.15, 0.2) is 0 Å². The van der Waals surface area contributed by atoms with E-state index in [1.807, 2.05) is 6.08 Å². The van der Waals surface area contributed by atoms with E-state index in [9.17, 15) is 19.8 Å². The van der Waals surface area contributed by atoms with Crippen molar-refractivity contribution >= 4 is 11.9 Å². The van der Waals surface area contributed by atoms with Gasteiger partial charge in [0.05, 0.1) is 25.4 Å². The molecular formula is C70H135NO5. The zero-order chi connectivity index (χ0) is 55.0. The Hall–Kier alpha value is -1.66. The lowest BCUT2D eigenvalue weighted by Gasteiger charge is -2.20. The van der Waals surface area contributed by atoms with Crippen LogP contribution in [0.1, 0.15) is 386 Å². The second-order valence-corrected chi connectivity index (χ2v) is 23.9. The minimum atomic E-state index is -0.841. The summed E-state index contributed by atoms with van der Waals surface area (Å²) in [6.45, 7) is 4.92. The van der Waals surface area contributed by atoms with Crippen LogP contribution in [0.25, 0.3) is 0 Å². The van der Waals surface area contributed by atoms with Crippen LogP contribution in [0, 0.1) is 0 Å². The highest BCUT2D eigenvalue weighted by Gasteiger charge is 2.18. The molecule has 0 radical (unpaired) electrons. The van der Waals surface area contributed by atoms with E-state index in [0.29, 0.717) is 19.4 Å². The lowest BCUT2D eigenvalue weighted by molar-refractivity contribution is -0.143. The summed E-state index contributed by atoms with van der Waals surface area (Å²) in [6.07, 6.45) is 82.6. The Morgan fingerprint density at radius 3 is 0.934 bits per heavy atom. The van der Waals surface area contributed by atoms with Crippen LogP contribution in [-0.2, 0) is 14.3 Å². The Morgan fingerprint density at radius 1 is 0.355 bits per heavy atom. The summed E-state index contributed by atoms with van der Waals surface area (Å²) in [5.74, 6) is -0.0500. The monoisotopic (exact) mass is 1070 g/mol. The van der Waals surface area contributed by atoms with Crippen molar-refractivity contribution in [3.05, 3.63) is 24.3 Å². The van der Waals surface area contributed by atoms with Crippen molar-refractivity contribution in [2.24, 2.45) is 0 Å². The number of carbonyl (C=O) groups excluding carboxylic acids is 2. The SMILES string of the molecule is CCCCCCC/C=C\CCCCCCCC(=O)OCCCCCCCCCCCCCCCCCCCCCCCCCCCCCCCCC(=O)NC(CO)C(O)/C=C/CCCCCCCCCCCCCCC. The standard InChI is InChI=1S/C70H135NO5/c1-3-5-7-9-11-13-15-17-35-38-42-46-50-54-58-62-68(73)67(66-72)71-69(74)63-59-55-51-47-43-39-36-33-31-29-27-25-23-21-19-20-22-24-26-28-30-32-34-37-41-45-49-53-57-61-65-76-70(75)64-60-56-52-48-44-40-18-16-14-12-10-8-6-4-2/h16,18,58,62,67-68,72-73H,3-15,17,19-57,59-61,63-66H2,1-2H3,(H,71,74)/b18-16-,62-58+. The average Bonchev–Trinajstić information content (AvgIpc) is 3.42. The van der Waals surface area contributed by atoms with Crippen LogP contribution in [0.4, 0.5) is 0 Å². The van der Waals surface area contributed by atoms with Crippen molar-refractivity contribution < 1.29 is 24.5 Å². The summed E-state index contributed by atoms with van der Waals surface area (Å²) >= 11 is 0. The summed E-state index contributed by atoms with van der Waals surface area (Å²) in [4.78, 5) is 24.5. The van der Waals surface area contributed by atoms with Crippen molar-refractivity contribution in [2.45, 2.75) is 398 Å². The van der Waals surface area contributed by atoms with E-state index >= 15 is 0 Å². The van der Waals surface area contributed by atoms with Gasteiger partial charge in [0.1, 0.15) is 0 Å². The van der Waals surface area contributed by atoms with E-state index in [2.05, 4.69) is 31.3 Å². The van der Waals surface area contributed by atoms with Crippen molar-refractivity contribution in [3.8, 4) is 0 Å². The molecule has 0 spiro atoms. The normalized spacial score (nSPS) is 12.6. The van der Waals surface area contributed by atoms with Crippen LogP contribution in [0.15, 0.2) is 24.3 Å². The molecule has 6 heteroatoms. The molecule has 0 fully saturated rings. The van der Waals surface area contributed by atoms with Crippen molar-refractivity contribution in [1.82, 2.24) is 5.32 Å². The zero-order valence-electron chi connectivity index (χ0n) is 51.5. The summed E-state index contributed by atoms with van der Waals surface area (Å²) in [5.41, 5.74) is 0. The second kappa shape index (κ2) is 65.9. The van der Waals surface area contributed by atoms with Gasteiger partial charge >= 0.3 is 5.97 Å². The van der Waals surface area contributed by atoms with Crippen LogP contribution in [0.2, 0.25) is 0 Å². The molecule has 76 heavy (non-hydrogen) atoms. The topological polar surface area (TPSA) is 95.9 Å². The molecule has 6 nitrogen and oxygen atoms in total. The Kier molecular flexibility index (Phi) is 64.4. The third-order valence-corrected chi connectivity index (χ3v) is 16.2. The van der Waals surface area contributed by atoms with Gasteiger partial charge in [0.2, 0.25) is 5.91 Å². The number of ether oxygens (including phenoxy) is 1. The highest BCUT2D eigenvalue weighted by Crippen LogP contribution is 2.19. The number of hydrogen-bond donors (Lipinski definition) is 3. The highest BCUT2D eigenvalue weighted by molar-refractivity contribution is 5.76. The van der Waals surface area contributed by atoms with Crippen molar-refractivity contribution in [2.75, 3.05) is 13.2 Å². The predicted molar refractivity (Wildman–Crippen MR) is 333 cm³/mol. The molecule has 0 bridgehead atoms. The maximum Gasteiger partial charge on any atom is 0.305 e. The Bertz CT molecular complexity index is 1190. The number of unbranched alkanes of at least 4 members (excludes halogenated alkanes) is 52. The first-order valence-electron chi connectivity index (χ1n) is 34.6. The molecule has 0 aliphatic carbocycles. The molecule has 450 valence electrons. The molecule has 2 atom stereocenters.